The lowest BCUT2D eigenvalue weighted by Crippen LogP contribution is -2.37. The van der Waals surface area contributed by atoms with Gasteiger partial charge in [0.1, 0.15) is 5.82 Å². The molecule has 1 aromatic heterocycles. The fraction of sp³-hybridized carbons (Fsp3) is 0.571. The number of benzene rings is 1. The summed E-state index contributed by atoms with van der Waals surface area (Å²) < 4.78 is 2.40. The molecule has 0 amide bonds. The minimum atomic E-state index is 0. The molecule has 0 spiro atoms. The molecule has 6 nitrogen and oxygen atoms in total. The summed E-state index contributed by atoms with van der Waals surface area (Å²) in [6, 6.07) is 10.9. The first-order chi connectivity index (χ1) is 13.8. The van der Waals surface area contributed by atoms with Crippen LogP contribution in [0.1, 0.15) is 56.5 Å². The number of nitrogens with zero attached hydrogens (tertiary/aromatic N) is 4. The largest absolute Gasteiger partial charge is 0.357 e. The van der Waals surface area contributed by atoms with Gasteiger partial charge in [-0.25, -0.2) is 4.99 Å². The molecule has 0 atom stereocenters. The fourth-order valence-electron chi connectivity index (χ4n) is 3.70. The first-order valence-corrected chi connectivity index (χ1v) is 11.6. The number of hydrogen-bond acceptors (Lipinski definition) is 4. The van der Waals surface area contributed by atoms with Crippen LogP contribution in [0, 0.1) is 0 Å². The molecule has 2 aromatic rings. The highest BCUT2D eigenvalue weighted by molar-refractivity contribution is 14.0. The van der Waals surface area contributed by atoms with E-state index in [1.165, 1.54) is 31.2 Å². The maximum Gasteiger partial charge on any atom is 0.191 e. The Balaban J connectivity index is 0.00000300. The van der Waals surface area contributed by atoms with Crippen LogP contribution >= 0.6 is 35.7 Å². The van der Waals surface area contributed by atoms with Crippen molar-refractivity contribution in [2.24, 2.45) is 4.99 Å². The molecule has 0 unspecified atom stereocenters. The van der Waals surface area contributed by atoms with Crippen LogP contribution in [0.3, 0.4) is 0 Å². The van der Waals surface area contributed by atoms with Crippen molar-refractivity contribution < 1.29 is 0 Å². The monoisotopic (exact) mass is 528 g/mol. The third-order valence-corrected chi connectivity index (χ3v) is 5.73. The average Bonchev–Trinajstić information content (AvgIpc) is 3.39. The number of hydrogen-bond donors (Lipinski definition) is 2. The van der Waals surface area contributed by atoms with Crippen LogP contribution in [-0.4, -0.2) is 40.1 Å². The summed E-state index contributed by atoms with van der Waals surface area (Å²) in [5, 5.41) is 16.7. The van der Waals surface area contributed by atoms with Crippen molar-refractivity contribution in [1.29, 1.82) is 0 Å². The molecule has 1 aliphatic carbocycles. The summed E-state index contributed by atoms with van der Waals surface area (Å²) in [6.07, 6.45) is 9.20. The molecule has 160 valence electrons. The summed E-state index contributed by atoms with van der Waals surface area (Å²) in [5.41, 5.74) is 1.22. The van der Waals surface area contributed by atoms with Crippen molar-refractivity contribution in [2.45, 2.75) is 63.2 Å². The number of aryl methyl sites for hydroxylation is 1. The number of aromatic nitrogens is 3. The van der Waals surface area contributed by atoms with E-state index < -0.39 is 0 Å². The third kappa shape index (κ3) is 7.16. The van der Waals surface area contributed by atoms with Gasteiger partial charge in [0.05, 0.1) is 6.54 Å². The SMILES string of the molecule is CCNC(=NCc1ccccc1)NCCCc1nnc(SC)n1C1CCCC1.I. The maximum atomic E-state index is 4.68. The molecule has 1 aliphatic rings. The van der Waals surface area contributed by atoms with Gasteiger partial charge in [-0.1, -0.05) is 54.9 Å². The number of aliphatic imine (C=N–C) groups is 1. The van der Waals surface area contributed by atoms with E-state index in [-0.39, 0.29) is 24.0 Å². The second-order valence-corrected chi connectivity index (χ2v) is 7.90. The van der Waals surface area contributed by atoms with E-state index in [0.717, 1.165) is 42.9 Å². The standard InChI is InChI=1S/C21H32N6S.HI/c1-3-22-20(24-16-17-10-5-4-6-11-17)23-15-9-14-19-25-26-21(28-2)27(19)18-12-7-8-13-18;/h4-6,10-11,18H,3,7-9,12-16H2,1-2H3,(H2,22,23,24);1H. The molecule has 0 bridgehead atoms. The van der Waals surface area contributed by atoms with Crippen molar-refractivity contribution in [1.82, 2.24) is 25.4 Å². The molecule has 2 N–H and O–H groups in total. The summed E-state index contributed by atoms with van der Waals surface area (Å²) in [6.45, 7) is 4.50. The van der Waals surface area contributed by atoms with E-state index in [9.17, 15) is 0 Å². The predicted molar refractivity (Wildman–Crippen MR) is 132 cm³/mol. The lowest BCUT2D eigenvalue weighted by molar-refractivity contribution is 0.460. The Hall–Kier alpha value is -1.29. The van der Waals surface area contributed by atoms with E-state index in [2.05, 4.69) is 67.8 Å². The zero-order valence-electron chi connectivity index (χ0n) is 17.4. The molecule has 1 saturated carbocycles. The number of thioether (sulfide) groups is 1. The minimum absolute atomic E-state index is 0. The molecule has 29 heavy (non-hydrogen) atoms. The van der Waals surface area contributed by atoms with Gasteiger partial charge in [0.2, 0.25) is 0 Å². The molecule has 1 fully saturated rings. The van der Waals surface area contributed by atoms with Crippen LogP contribution in [0.4, 0.5) is 0 Å². The van der Waals surface area contributed by atoms with Crippen LogP contribution in [0.2, 0.25) is 0 Å². The van der Waals surface area contributed by atoms with E-state index in [1.54, 1.807) is 11.8 Å². The smallest absolute Gasteiger partial charge is 0.191 e. The summed E-state index contributed by atoms with van der Waals surface area (Å²) in [4.78, 5) is 4.68. The Labute approximate surface area is 195 Å². The Bertz CT molecular complexity index is 743. The summed E-state index contributed by atoms with van der Waals surface area (Å²) in [7, 11) is 0. The highest BCUT2D eigenvalue weighted by atomic mass is 127. The fourth-order valence-corrected chi connectivity index (χ4v) is 4.27. The lowest BCUT2D eigenvalue weighted by Gasteiger charge is -2.16. The molecule has 0 saturated heterocycles. The zero-order chi connectivity index (χ0) is 19.6. The van der Waals surface area contributed by atoms with Crippen molar-refractivity contribution in [2.75, 3.05) is 19.3 Å². The molecule has 1 heterocycles. The summed E-state index contributed by atoms with van der Waals surface area (Å²) >= 11 is 1.70. The highest BCUT2D eigenvalue weighted by Gasteiger charge is 2.23. The molecular formula is C21H33IN6S. The van der Waals surface area contributed by atoms with Gasteiger partial charge in [-0.05, 0) is 38.0 Å². The Morgan fingerprint density at radius 2 is 1.93 bits per heavy atom. The van der Waals surface area contributed by atoms with Gasteiger partial charge in [-0.3, -0.25) is 0 Å². The number of nitrogens with one attached hydrogen (secondary N) is 2. The van der Waals surface area contributed by atoms with Gasteiger partial charge in [-0.15, -0.1) is 34.2 Å². The molecule has 8 heteroatoms. The summed E-state index contributed by atoms with van der Waals surface area (Å²) in [5.74, 6) is 2.00. The first kappa shape index (κ1) is 24.0. The van der Waals surface area contributed by atoms with Crippen molar-refractivity contribution >= 4 is 41.7 Å². The van der Waals surface area contributed by atoms with E-state index >= 15 is 0 Å². The molecule has 1 aromatic carbocycles. The Kier molecular flexibility index (Phi) is 10.8. The number of rotatable bonds is 9. The number of guanidine groups is 1. The minimum Gasteiger partial charge on any atom is -0.357 e. The zero-order valence-corrected chi connectivity index (χ0v) is 20.6. The second kappa shape index (κ2) is 13.1. The van der Waals surface area contributed by atoms with Gasteiger partial charge in [0.25, 0.3) is 0 Å². The van der Waals surface area contributed by atoms with Crippen LogP contribution in [0.5, 0.6) is 0 Å². The van der Waals surface area contributed by atoms with Crippen LogP contribution < -0.4 is 10.6 Å². The van der Waals surface area contributed by atoms with Gasteiger partial charge in [-0.2, -0.15) is 0 Å². The first-order valence-electron chi connectivity index (χ1n) is 10.4. The molecular weight excluding hydrogens is 495 g/mol. The van der Waals surface area contributed by atoms with Gasteiger partial charge >= 0.3 is 0 Å². The average molecular weight is 529 g/mol. The van der Waals surface area contributed by atoms with Gasteiger partial charge in [0.15, 0.2) is 11.1 Å². The number of halogens is 1. The van der Waals surface area contributed by atoms with E-state index in [0.29, 0.717) is 12.6 Å². The van der Waals surface area contributed by atoms with Crippen LogP contribution in [0.25, 0.3) is 0 Å². The Morgan fingerprint density at radius 1 is 1.17 bits per heavy atom. The maximum absolute atomic E-state index is 4.68. The van der Waals surface area contributed by atoms with E-state index in [1.807, 2.05) is 6.07 Å². The highest BCUT2D eigenvalue weighted by Crippen LogP contribution is 2.33. The molecule has 0 radical (unpaired) electrons. The Morgan fingerprint density at radius 3 is 2.62 bits per heavy atom. The van der Waals surface area contributed by atoms with Crippen molar-refractivity contribution in [3.05, 3.63) is 41.7 Å². The third-order valence-electron chi connectivity index (χ3n) is 5.08. The van der Waals surface area contributed by atoms with Gasteiger partial charge in [0, 0.05) is 25.6 Å². The second-order valence-electron chi connectivity index (χ2n) is 7.12. The lowest BCUT2D eigenvalue weighted by atomic mass is 10.2. The van der Waals surface area contributed by atoms with Gasteiger partial charge < -0.3 is 15.2 Å². The quantitative estimate of drug-likeness (QED) is 0.166. The predicted octanol–water partition coefficient (Wildman–Crippen LogP) is 4.42. The van der Waals surface area contributed by atoms with E-state index in [4.69, 9.17) is 0 Å². The van der Waals surface area contributed by atoms with Crippen LogP contribution in [0.15, 0.2) is 40.5 Å². The van der Waals surface area contributed by atoms with Crippen molar-refractivity contribution in [3.8, 4) is 0 Å². The van der Waals surface area contributed by atoms with Crippen molar-refractivity contribution in [3.63, 3.8) is 0 Å². The normalized spacial score (nSPS) is 14.6. The van der Waals surface area contributed by atoms with Crippen LogP contribution in [-0.2, 0) is 13.0 Å². The topological polar surface area (TPSA) is 67.1 Å². The molecule has 3 rings (SSSR count). The molecule has 0 aliphatic heterocycles.